The van der Waals surface area contributed by atoms with E-state index in [4.69, 9.17) is 4.42 Å². The van der Waals surface area contributed by atoms with Gasteiger partial charge >= 0.3 is 5.63 Å². The number of fused-ring (bicyclic) bond motifs is 4. The molecule has 134 valence electrons. The van der Waals surface area contributed by atoms with Gasteiger partial charge in [0.1, 0.15) is 17.0 Å². The second-order valence-electron chi connectivity index (χ2n) is 6.50. The molecule has 0 spiro atoms. The fourth-order valence-corrected chi connectivity index (χ4v) is 5.08. The van der Waals surface area contributed by atoms with Crippen LogP contribution in [0.5, 0.6) is 0 Å². The van der Waals surface area contributed by atoms with Gasteiger partial charge in [0.15, 0.2) is 0 Å². The lowest BCUT2D eigenvalue weighted by Gasteiger charge is -2.22. The largest absolute Gasteiger partial charge is 0.423 e. The molecule has 7 heteroatoms. The first kappa shape index (κ1) is 16.1. The molecule has 1 N–H and O–H groups in total. The number of carbonyl (C=O) groups is 2. The lowest BCUT2D eigenvalue weighted by molar-refractivity contribution is -0.119. The lowest BCUT2D eigenvalue weighted by Crippen LogP contribution is -2.42. The van der Waals surface area contributed by atoms with Crippen LogP contribution in [-0.4, -0.2) is 28.5 Å². The number of hydrogen-bond acceptors (Lipinski definition) is 5. The summed E-state index contributed by atoms with van der Waals surface area (Å²) in [6, 6.07) is 15.1. The minimum Gasteiger partial charge on any atom is -0.423 e. The molecule has 3 heterocycles. The summed E-state index contributed by atoms with van der Waals surface area (Å²) in [6.07, 6.45) is 0. The standard InChI is InChI=1S/C20H14N2O4S/c23-17-8-5-11-9-12(6-7-16(11)26-17)21-18(24)15-10-27-20-14-4-2-1-3-13(14)19(25)22(15)20/h1-9,15,20H,10H2,(H,21,24)/t15-,20+/m0/s1. The summed E-state index contributed by atoms with van der Waals surface area (Å²) in [5.74, 6) is 0.239. The van der Waals surface area contributed by atoms with Crippen molar-refractivity contribution in [3.05, 3.63) is 76.1 Å². The van der Waals surface area contributed by atoms with E-state index >= 15 is 0 Å². The predicted molar refractivity (Wildman–Crippen MR) is 103 cm³/mol. The van der Waals surface area contributed by atoms with Gasteiger partial charge in [-0.05, 0) is 35.9 Å². The molecular weight excluding hydrogens is 364 g/mol. The number of rotatable bonds is 2. The zero-order valence-electron chi connectivity index (χ0n) is 14.0. The SMILES string of the molecule is O=C(Nc1ccc2oc(=O)ccc2c1)[C@@H]1CS[C@@H]2c3ccccc3C(=O)N21. The molecule has 0 bridgehead atoms. The summed E-state index contributed by atoms with van der Waals surface area (Å²) in [5, 5.41) is 3.50. The number of nitrogens with one attached hydrogen (secondary N) is 1. The van der Waals surface area contributed by atoms with Crippen LogP contribution in [0.15, 0.2) is 63.8 Å². The Morgan fingerprint density at radius 2 is 1.96 bits per heavy atom. The highest BCUT2D eigenvalue weighted by atomic mass is 32.2. The van der Waals surface area contributed by atoms with Gasteiger partial charge < -0.3 is 14.6 Å². The molecule has 0 unspecified atom stereocenters. The van der Waals surface area contributed by atoms with Gasteiger partial charge in [-0.15, -0.1) is 11.8 Å². The van der Waals surface area contributed by atoms with Gasteiger partial charge in [-0.2, -0.15) is 0 Å². The van der Waals surface area contributed by atoms with Gasteiger partial charge in [-0.1, -0.05) is 18.2 Å². The monoisotopic (exact) mass is 378 g/mol. The molecule has 2 aromatic carbocycles. The first-order chi connectivity index (χ1) is 13.1. The zero-order chi connectivity index (χ0) is 18.5. The first-order valence-corrected chi connectivity index (χ1v) is 9.55. The Bertz CT molecular complexity index is 1160. The second kappa shape index (κ2) is 5.99. The number of nitrogens with zero attached hydrogens (tertiary/aromatic N) is 1. The molecule has 1 saturated heterocycles. The van der Waals surface area contributed by atoms with Crippen LogP contribution < -0.4 is 10.9 Å². The Labute approximate surface area is 158 Å². The van der Waals surface area contributed by atoms with E-state index in [1.165, 1.54) is 6.07 Å². The number of anilines is 1. The topological polar surface area (TPSA) is 79.6 Å². The smallest absolute Gasteiger partial charge is 0.336 e. The Hall–Kier alpha value is -3.06. The van der Waals surface area contributed by atoms with E-state index in [1.54, 1.807) is 40.9 Å². The van der Waals surface area contributed by atoms with E-state index in [0.717, 1.165) is 10.9 Å². The van der Waals surface area contributed by atoms with E-state index in [2.05, 4.69) is 5.32 Å². The summed E-state index contributed by atoms with van der Waals surface area (Å²) >= 11 is 1.61. The maximum atomic E-state index is 12.9. The molecular formula is C20H14N2O4S. The van der Waals surface area contributed by atoms with Crippen molar-refractivity contribution < 1.29 is 14.0 Å². The average molecular weight is 378 g/mol. The number of thioether (sulfide) groups is 1. The molecule has 2 atom stereocenters. The molecule has 2 aliphatic heterocycles. The molecule has 6 nitrogen and oxygen atoms in total. The normalized spacial score (nSPS) is 20.6. The fourth-order valence-electron chi connectivity index (χ4n) is 3.62. The van der Waals surface area contributed by atoms with Crippen molar-refractivity contribution in [2.24, 2.45) is 0 Å². The molecule has 1 fully saturated rings. The first-order valence-electron chi connectivity index (χ1n) is 8.50. The van der Waals surface area contributed by atoms with Crippen molar-refractivity contribution in [1.82, 2.24) is 4.90 Å². The third kappa shape index (κ3) is 2.54. The Morgan fingerprint density at radius 1 is 1.11 bits per heavy atom. The molecule has 0 radical (unpaired) electrons. The number of amides is 2. The summed E-state index contributed by atoms with van der Waals surface area (Å²) in [5.41, 5.74) is 2.29. The average Bonchev–Trinajstić information content (AvgIpc) is 3.23. The molecule has 0 saturated carbocycles. The Morgan fingerprint density at radius 3 is 2.85 bits per heavy atom. The number of carbonyl (C=O) groups excluding carboxylic acids is 2. The summed E-state index contributed by atoms with van der Waals surface area (Å²) in [4.78, 5) is 38.5. The minimum atomic E-state index is -0.524. The fraction of sp³-hybridized carbons (Fsp3) is 0.150. The molecule has 3 aromatic rings. The van der Waals surface area contributed by atoms with Crippen LogP contribution in [-0.2, 0) is 4.79 Å². The van der Waals surface area contributed by atoms with Crippen LogP contribution in [0.3, 0.4) is 0 Å². The number of hydrogen-bond donors (Lipinski definition) is 1. The van der Waals surface area contributed by atoms with E-state index < -0.39 is 11.7 Å². The van der Waals surface area contributed by atoms with Gasteiger partial charge in [0.25, 0.3) is 5.91 Å². The van der Waals surface area contributed by atoms with Crippen molar-refractivity contribution in [2.75, 3.05) is 11.1 Å². The minimum absolute atomic E-state index is 0.0963. The van der Waals surface area contributed by atoms with Gasteiger partial charge in [0.05, 0.1) is 0 Å². The van der Waals surface area contributed by atoms with Crippen molar-refractivity contribution in [1.29, 1.82) is 0 Å². The van der Waals surface area contributed by atoms with Crippen LogP contribution in [0, 0.1) is 0 Å². The van der Waals surface area contributed by atoms with Crippen molar-refractivity contribution in [2.45, 2.75) is 11.4 Å². The summed E-state index contributed by atoms with van der Waals surface area (Å²) in [7, 11) is 0. The maximum Gasteiger partial charge on any atom is 0.336 e. The molecule has 5 rings (SSSR count). The van der Waals surface area contributed by atoms with Gasteiger partial charge in [-0.25, -0.2) is 4.79 Å². The quantitative estimate of drug-likeness (QED) is 0.694. The molecule has 2 aliphatic rings. The van der Waals surface area contributed by atoms with Crippen LogP contribution in [0.4, 0.5) is 5.69 Å². The zero-order valence-corrected chi connectivity index (χ0v) is 14.9. The van der Waals surface area contributed by atoms with E-state index in [9.17, 15) is 14.4 Å². The molecule has 1 aromatic heterocycles. The summed E-state index contributed by atoms with van der Waals surface area (Å²) < 4.78 is 5.10. The third-order valence-electron chi connectivity index (χ3n) is 4.88. The Kier molecular flexibility index (Phi) is 3.58. The van der Waals surface area contributed by atoms with Gasteiger partial charge in [0, 0.05) is 28.5 Å². The highest BCUT2D eigenvalue weighted by molar-refractivity contribution is 7.99. The highest BCUT2D eigenvalue weighted by Crippen LogP contribution is 2.48. The molecule has 0 aliphatic carbocycles. The Balaban J connectivity index is 1.40. The van der Waals surface area contributed by atoms with Crippen LogP contribution >= 0.6 is 11.8 Å². The molecule has 27 heavy (non-hydrogen) atoms. The van der Waals surface area contributed by atoms with Crippen LogP contribution in [0.2, 0.25) is 0 Å². The van der Waals surface area contributed by atoms with Gasteiger partial charge in [-0.3, -0.25) is 9.59 Å². The maximum absolute atomic E-state index is 12.9. The third-order valence-corrected chi connectivity index (χ3v) is 6.19. The van der Waals surface area contributed by atoms with Crippen LogP contribution in [0.25, 0.3) is 11.0 Å². The van der Waals surface area contributed by atoms with E-state index in [0.29, 0.717) is 22.6 Å². The van der Waals surface area contributed by atoms with Crippen LogP contribution in [0.1, 0.15) is 21.3 Å². The van der Waals surface area contributed by atoms with Crippen molar-refractivity contribution in [3.63, 3.8) is 0 Å². The summed E-state index contributed by atoms with van der Waals surface area (Å²) in [6.45, 7) is 0. The lowest BCUT2D eigenvalue weighted by atomic mass is 10.1. The van der Waals surface area contributed by atoms with Crippen molar-refractivity contribution in [3.8, 4) is 0 Å². The highest BCUT2D eigenvalue weighted by Gasteiger charge is 2.48. The molecule has 2 amide bonds. The van der Waals surface area contributed by atoms with Crippen molar-refractivity contribution >= 4 is 40.2 Å². The van der Waals surface area contributed by atoms with E-state index in [-0.39, 0.29) is 17.2 Å². The second-order valence-corrected chi connectivity index (χ2v) is 7.61. The van der Waals surface area contributed by atoms with E-state index in [1.807, 2.05) is 24.3 Å². The van der Waals surface area contributed by atoms with Gasteiger partial charge in [0.2, 0.25) is 5.91 Å². The number of benzene rings is 2. The predicted octanol–water partition coefficient (Wildman–Crippen LogP) is 3.00.